The molecule has 0 spiro atoms. The molecule has 1 fully saturated rings. The van der Waals surface area contributed by atoms with E-state index in [9.17, 15) is 0 Å². The van der Waals surface area contributed by atoms with Gasteiger partial charge in [0, 0.05) is 7.11 Å². The largest absolute Gasteiger partial charge is 0.376 e. The zero-order valence-electron chi connectivity index (χ0n) is 12.0. The number of aromatic nitrogens is 2. The number of halogens is 3. The van der Waals surface area contributed by atoms with Crippen molar-refractivity contribution in [2.75, 3.05) is 7.11 Å². The van der Waals surface area contributed by atoms with E-state index in [1.807, 2.05) is 13.0 Å². The maximum absolute atomic E-state index is 6.30. The lowest BCUT2D eigenvalue weighted by Gasteiger charge is -2.41. The third kappa shape index (κ3) is 2.65. The molecule has 1 aliphatic rings. The molecule has 3 rings (SSSR count). The molecule has 114 valence electrons. The highest BCUT2D eigenvalue weighted by molar-refractivity contribution is 6.42. The van der Waals surface area contributed by atoms with Gasteiger partial charge in [0.05, 0.1) is 38.6 Å². The Bertz CT molecular complexity index is 672. The summed E-state index contributed by atoms with van der Waals surface area (Å²) in [5.74, 6) is 0.827. The van der Waals surface area contributed by atoms with Gasteiger partial charge in [-0.3, -0.25) is 0 Å². The summed E-state index contributed by atoms with van der Waals surface area (Å²) in [4.78, 5) is 4.62. The normalized spacial score (nSPS) is 18.7. The van der Waals surface area contributed by atoms with E-state index in [1.54, 1.807) is 13.2 Å². The molecule has 0 aliphatic heterocycles. The Morgan fingerprint density at radius 3 is 2.52 bits per heavy atom. The van der Waals surface area contributed by atoms with Crippen molar-refractivity contribution < 1.29 is 4.74 Å². The summed E-state index contributed by atoms with van der Waals surface area (Å²) in [6.45, 7) is 2.66. The van der Waals surface area contributed by atoms with Crippen molar-refractivity contribution >= 4 is 45.8 Å². The van der Waals surface area contributed by atoms with Gasteiger partial charge in [0.15, 0.2) is 0 Å². The second-order valence-corrected chi connectivity index (χ2v) is 7.14. The monoisotopic (exact) mass is 346 g/mol. The van der Waals surface area contributed by atoms with Crippen LogP contribution in [0.1, 0.15) is 37.4 Å². The lowest BCUT2D eigenvalue weighted by Crippen LogP contribution is -2.43. The minimum Gasteiger partial charge on any atom is -0.376 e. The molecule has 0 bridgehead atoms. The Morgan fingerprint density at radius 2 is 2.00 bits per heavy atom. The van der Waals surface area contributed by atoms with Crippen molar-refractivity contribution in [2.45, 2.75) is 43.7 Å². The molecule has 1 heterocycles. The first-order chi connectivity index (χ1) is 9.96. The third-order valence-corrected chi connectivity index (χ3v) is 5.24. The number of fused-ring (bicyclic) bond motifs is 1. The summed E-state index contributed by atoms with van der Waals surface area (Å²) in [6.07, 6.45) is 3.31. The summed E-state index contributed by atoms with van der Waals surface area (Å²) in [6, 6.07) is 3.65. The van der Waals surface area contributed by atoms with Crippen molar-refractivity contribution in [1.82, 2.24) is 9.55 Å². The first kappa shape index (κ1) is 15.4. The van der Waals surface area contributed by atoms with Crippen molar-refractivity contribution in [1.29, 1.82) is 0 Å². The minimum atomic E-state index is -0.191. The van der Waals surface area contributed by atoms with Crippen LogP contribution < -0.4 is 0 Å². The minimum absolute atomic E-state index is 0.111. The van der Waals surface area contributed by atoms with Gasteiger partial charge in [-0.1, -0.05) is 23.2 Å². The van der Waals surface area contributed by atoms with Crippen molar-refractivity contribution in [3.05, 3.63) is 28.0 Å². The Morgan fingerprint density at radius 1 is 1.33 bits per heavy atom. The Kier molecular flexibility index (Phi) is 4.12. The highest BCUT2D eigenvalue weighted by Gasteiger charge is 2.38. The molecule has 1 aromatic carbocycles. The molecular formula is C15H17Cl3N2O. The number of imidazole rings is 1. The lowest BCUT2D eigenvalue weighted by molar-refractivity contribution is -0.0832. The molecule has 3 nitrogen and oxygen atoms in total. The van der Waals surface area contributed by atoms with Crippen LogP contribution in [0.15, 0.2) is 12.1 Å². The van der Waals surface area contributed by atoms with Gasteiger partial charge in [0.1, 0.15) is 5.82 Å². The zero-order valence-corrected chi connectivity index (χ0v) is 14.3. The molecule has 1 aliphatic carbocycles. The average molecular weight is 348 g/mol. The predicted molar refractivity (Wildman–Crippen MR) is 87.6 cm³/mol. The number of hydrogen-bond donors (Lipinski definition) is 0. The molecule has 1 saturated carbocycles. The second-order valence-electron chi connectivity index (χ2n) is 5.67. The lowest BCUT2D eigenvalue weighted by atomic mass is 9.80. The predicted octanol–water partition coefficient (Wildman–Crippen LogP) is 5.21. The number of benzene rings is 1. The number of alkyl halides is 1. The number of rotatable bonds is 4. The number of nitrogens with zero attached hydrogens (tertiary/aromatic N) is 2. The number of ether oxygens (including phenoxy) is 1. The topological polar surface area (TPSA) is 27.1 Å². The first-order valence-corrected chi connectivity index (χ1v) is 8.19. The molecule has 2 aromatic rings. The Balaban J connectivity index is 2.13. The van der Waals surface area contributed by atoms with Gasteiger partial charge in [-0.15, -0.1) is 11.6 Å². The zero-order chi connectivity index (χ0) is 15.2. The fourth-order valence-corrected chi connectivity index (χ4v) is 3.38. The van der Waals surface area contributed by atoms with Crippen LogP contribution in [0.4, 0.5) is 0 Å². The number of hydrogen-bond acceptors (Lipinski definition) is 2. The molecule has 6 heteroatoms. The maximum atomic E-state index is 6.30. The fraction of sp³-hybridized carbons (Fsp3) is 0.533. The molecule has 1 unspecified atom stereocenters. The standard InChI is InChI=1S/C15H17Cl3N2O/c1-9(16)14-19-12-6-10(17)11(18)7-13(12)20(14)8-15(21-2)4-3-5-15/h6-7,9H,3-5,8H2,1-2H3. The van der Waals surface area contributed by atoms with Crippen LogP contribution in [0.2, 0.25) is 10.0 Å². The van der Waals surface area contributed by atoms with E-state index < -0.39 is 0 Å². The molecular weight excluding hydrogens is 331 g/mol. The highest BCUT2D eigenvalue weighted by atomic mass is 35.5. The molecule has 1 aromatic heterocycles. The third-order valence-electron chi connectivity index (χ3n) is 4.32. The van der Waals surface area contributed by atoms with E-state index in [0.717, 1.165) is 36.2 Å². The average Bonchev–Trinajstić information content (AvgIpc) is 2.73. The molecule has 21 heavy (non-hydrogen) atoms. The van der Waals surface area contributed by atoms with Gasteiger partial charge < -0.3 is 9.30 Å². The number of methoxy groups -OCH3 is 1. The molecule has 0 N–H and O–H groups in total. The van der Waals surface area contributed by atoms with Gasteiger partial charge in [0.25, 0.3) is 0 Å². The van der Waals surface area contributed by atoms with E-state index in [-0.39, 0.29) is 11.0 Å². The van der Waals surface area contributed by atoms with Crippen LogP contribution >= 0.6 is 34.8 Å². The van der Waals surface area contributed by atoms with Gasteiger partial charge in [-0.2, -0.15) is 0 Å². The fourth-order valence-electron chi connectivity index (χ4n) is 2.89. The summed E-state index contributed by atoms with van der Waals surface area (Å²) in [5.41, 5.74) is 1.66. The van der Waals surface area contributed by atoms with Crippen LogP contribution in [0.3, 0.4) is 0 Å². The second kappa shape index (κ2) is 5.62. The Labute approximate surface area is 139 Å². The van der Waals surface area contributed by atoms with Crippen molar-refractivity contribution in [3.63, 3.8) is 0 Å². The highest BCUT2D eigenvalue weighted by Crippen LogP contribution is 2.39. The van der Waals surface area contributed by atoms with Crippen LogP contribution in [0.5, 0.6) is 0 Å². The van der Waals surface area contributed by atoms with Crippen LogP contribution in [-0.2, 0) is 11.3 Å². The van der Waals surface area contributed by atoms with Gasteiger partial charge in [0.2, 0.25) is 0 Å². The molecule has 0 amide bonds. The smallest absolute Gasteiger partial charge is 0.127 e. The van der Waals surface area contributed by atoms with Crippen LogP contribution in [-0.4, -0.2) is 22.3 Å². The SMILES string of the molecule is COC1(Cn2c(C(C)Cl)nc3cc(Cl)c(Cl)cc32)CCC1. The van der Waals surface area contributed by atoms with Gasteiger partial charge in [-0.25, -0.2) is 4.98 Å². The molecule has 1 atom stereocenters. The van der Waals surface area contributed by atoms with E-state index in [2.05, 4.69) is 9.55 Å². The van der Waals surface area contributed by atoms with Crippen molar-refractivity contribution in [3.8, 4) is 0 Å². The van der Waals surface area contributed by atoms with E-state index in [4.69, 9.17) is 39.5 Å². The van der Waals surface area contributed by atoms with Crippen molar-refractivity contribution in [2.24, 2.45) is 0 Å². The Hall–Kier alpha value is -0.480. The van der Waals surface area contributed by atoms with Crippen LogP contribution in [0, 0.1) is 0 Å². The summed E-state index contributed by atoms with van der Waals surface area (Å²) < 4.78 is 7.86. The van der Waals surface area contributed by atoms with Gasteiger partial charge in [-0.05, 0) is 38.3 Å². The quantitative estimate of drug-likeness (QED) is 0.710. The molecule has 0 radical (unpaired) electrons. The van der Waals surface area contributed by atoms with E-state index in [1.165, 1.54) is 6.42 Å². The summed E-state index contributed by atoms with van der Waals surface area (Å²) in [5, 5.41) is 0.843. The van der Waals surface area contributed by atoms with Gasteiger partial charge >= 0.3 is 0 Å². The molecule has 0 saturated heterocycles. The van der Waals surface area contributed by atoms with E-state index in [0.29, 0.717) is 10.0 Å². The van der Waals surface area contributed by atoms with E-state index >= 15 is 0 Å². The summed E-state index contributed by atoms with van der Waals surface area (Å²) >= 11 is 18.6. The van der Waals surface area contributed by atoms with Crippen LogP contribution in [0.25, 0.3) is 11.0 Å². The first-order valence-electron chi connectivity index (χ1n) is 7.00. The summed E-state index contributed by atoms with van der Waals surface area (Å²) in [7, 11) is 1.77. The maximum Gasteiger partial charge on any atom is 0.127 e.